The molecule has 0 saturated heterocycles. The van der Waals surface area contributed by atoms with Crippen molar-refractivity contribution in [1.29, 1.82) is 0 Å². The zero-order valence-corrected chi connectivity index (χ0v) is 6.40. The smallest absolute Gasteiger partial charge is 0.419 e. The number of fused-ring (bicyclic) bond motifs is 1. The third-order valence-electron chi connectivity index (χ3n) is 1.65. The van der Waals surface area contributed by atoms with Gasteiger partial charge in [-0.2, -0.15) is 0 Å². The van der Waals surface area contributed by atoms with E-state index in [9.17, 15) is 14.7 Å². The van der Waals surface area contributed by atoms with Gasteiger partial charge in [-0.25, -0.2) is 4.79 Å². The van der Waals surface area contributed by atoms with E-state index in [-0.39, 0.29) is 16.7 Å². The first-order valence-corrected chi connectivity index (χ1v) is 3.53. The van der Waals surface area contributed by atoms with Crippen LogP contribution in [0.15, 0.2) is 32.2 Å². The highest BCUT2D eigenvalue weighted by Gasteiger charge is 2.05. The summed E-state index contributed by atoms with van der Waals surface area (Å²) in [5.74, 6) is -1.04. The summed E-state index contributed by atoms with van der Waals surface area (Å²) in [4.78, 5) is 23.8. The minimum atomic E-state index is -0.830. The summed E-state index contributed by atoms with van der Waals surface area (Å²) in [5.41, 5.74) is -0.571. The summed E-state index contributed by atoms with van der Waals surface area (Å²) in [5, 5.41) is 9.25. The number of H-pyrrole nitrogens is 1. The van der Waals surface area contributed by atoms with Crippen molar-refractivity contribution < 1.29 is 9.52 Å². The first-order valence-electron chi connectivity index (χ1n) is 3.53. The molecule has 0 amide bonds. The number of nitrogens with one attached hydrogen (secondary N) is 1. The van der Waals surface area contributed by atoms with Crippen LogP contribution >= 0.6 is 0 Å². The summed E-state index contributed by atoms with van der Waals surface area (Å²) >= 11 is 0. The van der Waals surface area contributed by atoms with Crippen molar-refractivity contribution in [2.45, 2.75) is 0 Å². The fraction of sp³-hybridized carbons (Fsp3) is 0. The lowest BCUT2D eigenvalue weighted by Gasteiger charge is -1.95. The standard InChI is InChI=1S/C8H5NO4/c10-4-2-1-3-5-6(4)7(11)9-8(12)13-5/h1-3,10H,(H,9,11,12). The van der Waals surface area contributed by atoms with Crippen LogP contribution < -0.4 is 11.3 Å². The molecule has 1 heterocycles. The van der Waals surface area contributed by atoms with E-state index in [1.165, 1.54) is 18.2 Å². The van der Waals surface area contributed by atoms with Gasteiger partial charge in [-0.15, -0.1) is 0 Å². The van der Waals surface area contributed by atoms with Crippen molar-refractivity contribution in [2.24, 2.45) is 0 Å². The van der Waals surface area contributed by atoms with Gasteiger partial charge >= 0.3 is 5.76 Å². The summed E-state index contributed by atoms with van der Waals surface area (Å²) < 4.78 is 4.65. The number of aromatic hydroxyl groups is 1. The van der Waals surface area contributed by atoms with Crippen molar-refractivity contribution in [2.75, 3.05) is 0 Å². The molecule has 0 aliphatic heterocycles. The van der Waals surface area contributed by atoms with E-state index in [1.54, 1.807) is 0 Å². The number of hydrogen-bond acceptors (Lipinski definition) is 4. The predicted molar refractivity (Wildman–Crippen MR) is 44.8 cm³/mol. The number of benzene rings is 1. The summed E-state index contributed by atoms with van der Waals surface area (Å²) in [6.45, 7) is 0. The first-order chi connectivity index (χ1) is 6.18. The number of aromatic nitrogens is 1. The highest BCUT2D eigenvalue weighted by atomic mass is 16.4. The zero-order chi connectivity index (χ0) is 9.42. The molecule has 2 rings (SSSR count). The normalized spacial score (nSPS) is 10.5. The van der Waals surface area contributed by atoms with Gasteiger partial charge in [-0.1, -0.05) is 6.07 Å². The van der Waals surface area contributed by atoms with Crippen molar-refractivity contribution in [1.82, 2.24) is 4.98 Å². The Morgan fingerprint density at radius 3 is 2.85 bits per heavy atom. The van der Waals surface area contributed by atoms with Crippen LogP contribution in [0.3, 0.4) is 0 Å². The van der Waals surface area contributed by atoms with Crippen LogP contribution in [0.1, 0.15) is 0 Å². The van der Waals surface area contributed by atoms with E-state index in [1.807, 2.05) is 4.98 Å². The van der Waals surface area contributed by atoms with E-state index in [2.05, 4.69) is 4.42 Å². The minimum absolute atomic E-state index is 0.0119. The lowest BCUT2D eigenvalue weighted by molar-refractivity contribution is 0.475. The molecule has 2 aromatic rings. The first kappa shape index (κ1) is 7.60. The Morgan fingerprint density at radius 1 is 1.31 bits per heavy atom. The maximum Gasteiger partial charge on any atom is 0.419 e. The molecule has 0 aliphatic carbocycles. The van der Waals surface area contributed by atoms with Gasteiger partial charge in [0, 0.05) is 0 Å². The van der Waals surface area contributed by atoms with Crippen molar-refractivity contribution >= 4 is 11.0 Å². The highest BCUT2D eigenvalue weighted by molar-refractivity contribution is 5.81. The largest absolute Gasteiger partial charge is 0.507 e. The van der Waals surface area contributed by atoms with E-state index < -0.39 is 11.3 Å². The monoisotopic (exact) mass is 179 g/mol. The molecule has 0 unspecified atom stereocenters. The summed E-state index contributed by atoms with van der Waals surface area (Å²) in [7, 11) is 0. The Balaban J connectivity index is 3.12. The number of rotatable bonds is 0. The van der Waals surface area contributed by atoms with E-state index in [4.69, 9.17) is 0 Å². The van der Waals surface area contributed by atoms with Crippen LogP contribution in [0.2, 0.25) is 0 Å². The van der Waals surface area contributed by atoms with Crippen LogP contribution in [0.25, 0.3) is 11.0 Å². The highest BCUT2D eigenvalue weighted by Crippen LogP contribution is 2.18. The zero-order valence-electron chi connectivity index (χ0n) is 6.40. The molecule has 0 atom stereocenters. The van der Waals surface area contributed by atoms with E-state index in [0.29, 0.717) is 0 Å². The van der Waals surface area contributed by atoms with Gasteiger partial charge in [-0.05, 0) is 12.1 Å². The second-order valence-electron chi connectivity index (χ2n) is 2.49. The summed E-state index contributed by atoms with van der Waals surface area (Å²) in [6, 6.07) is 4.27. The Bertz CT molecular complexity index is 566. The van der Waals surface area contributed by atoms with Gasteiger partial charge in [0.2, 0.25) is 0 Å². The maximum absolute atomic E-state index is 11.1. The maximum atomic E-state index is 11.1. The van der Waals surface area contributed by atoms with Crippen LogP contribution in [0.4, 0.5) is 0 Å². The molecule has 0 saturated carbocycles. The lowest BCUT2D eigenvalue weighted by Crippen LogP contribution is -2.17. The summed E-state index contributed by atoms with van der Waals surface area (Å²) in [6.07, 6.45) is 0. The molecule has 0 bridgehead atoms. The van der Waals surface area contributed by atoms with Crippen LogP contribution in [-0.4, -0.2) is 10.1 Å². The molecular formula is C8H5NO4. The average Bonchev–Trinajstić information content (AvgIpc) is 2.02. The molecule has 5 heteroatoms. The number of hydrogen-bond donors (Lipinski definition) is 2. The van der Waals surface area contributed by atoms with Gasteiger partial charge in [0.05, 0.1) is 0 Å². The second-order valence-corrected chi connectivity index (χ2v) is 2.49. The van der Waals surface area contributed by atoms with E-state index in [0.717, 1.165) is 0 Å². The fourth-order valence-corrected chi connectivity index (χ4v) is 1.11. The van der Waals surface area contributed by atoms with Crippen LogP contribution in [0, 0.1) is 0 Å². The van der Waals surface area contributed by atoms with Gasteiger partial charge in [0.1, 0.15) is 16.7 Å². The molecule has 13 heavy (non-hydrogen) atoms. The molecule has 0 aliphatic rings. The molecule has 0 radical (unpaired) electrons. The number of phenolic OH excluding ortho intramolecular Hbond substituents is 1. The van der Waals surface area contributed by atoms with Gasteiger partial charge in [0.15, 0.2) is 0 Å². The SMILES string of the molecule is O=c1[nH]c(=O)c2c(O)cccc2o1. The Morgan fingerprint density at radius 2 is 2.08 bits per heavy atom. The van der Waals surface area contributed by atoms with Crippen molar-refractivity contribution in [3.8, 4) is 5.75 Å². The van der Waals surface area contributed by atoms with Crippen molar-refractivity contribution in [3.63, 3.8) is 0 Å². The van der Waals surface area contributed by atoms with Gasteiger partial charge in [-0.3, -0.25) is 9.78 Å². The molecule has 2 N–H and O–H groups in total. The average molecular weight is 179 g/mol. The molecule has 1 aromatic heterocycles. The molecule has 66 valence electrons. The molecular weight excluding hydrogens is 174 g/mol. The predicted octanol–water partition coefficient (Wildman–Crippen LogP) is 0.187. The Hall–Kier alpha value is -2.04. The molecule has 0 fully saturated rings. The fourth-order valence-electron chi connectivity index (χ4n) is 1.11. The Labute approximate surface area is 71.3 Å². The Kier molecular flexibility index (Phi) is 1.45. The minimum Gasteiger partial charge on any atom is -0.507 e. The quantitative estimate of drug-likeness (QED) is 0.604. The van der Waals surface area contributed by atoms with Crippen LogP contribution in [-0.2, 0) is 0 Å². The van der Waals surface area contributed by atoms with Gasteiger partial charge in [0.25, 0.3) is 5.56 Å². The molecule has 0 spiro atoms. The third kappa shape index (κ3) is 1.10. The van der Waals surface area contributed by atoms with Crippen LogP contribution in [0.5, 0.6) is 5.75 Å². The number of phenols is 1. The topological polar surface area (TPSA) is 83.3 Å². The van der Waals surface area contributed by atoms with Crippen molar-refractivity contribution in [3.05, 3.63) is 39.1 Å². The molecule has 5 nitrogen and oxygen atoms in total. The second kappa shape index (κ2) is 2.48. The lowest BCUT2D eigenvalue weighted by atomic mass is 10.2. The van der Waals surface area contributed by atoms with E-state index >= 15 is 0 Å². The number of aromatic amines is 1. The molecule has 1 aromatic carbocycles. The van der Waals surface area contributed by atoms with Gasteiger partial charge < -0.3 is 9.52 Å². The third-order valence-corrected chi connectivity index (χ3v) is 1.65.